The van der Waals surface area contributed by atoms with Gasteiger partial charge >= 0.3 is 0 Å². The van der Waals surface area contributed by atoms with Gasteiger partial charge in [0.1, 0.15) is 17.6 Å². The van der Waals surface area contributed by atoms with Crippen molar-refractivity contribution in [2.45, 2.75) is 33.1 Å². The van der Waals surface area contributed by atoms with Crippen LogP contribution >= 0.6 is 24.0 Å². The summed E-state index contributed by atoms with van der Waals surface area (Å²) >= 11 is 0. The number of guanidine groups is 1. The second-order valence-corrected chi connectivity index (χ2v) is 6.98. The number of nitrogens with one attached hydrogen (secondary N) is 2. The molecule has 1 unspecified atom stereocenters. The molecule has 178 valence electrons. The summed E-state index contributed by atoms with van der Waals surface area (Å²) in [5, 5.41) is 6.64. The molecule has 0 heterocycles. The van der Waals surface area contributed by atoms with Crippen LogP contribution < -0.4 is 20.1 Å². The number of aliphatic imine (C=N–C) groups is 1. The molecule has 2 aromatic carbocycles. The van der Waals surface area contributed by atoms with E-state index in [1.165, 1.54) is 0 Å². The first-order valence-corrected chi connectivity index (χ1v) is 10.6. The topological polar surface area (TPSA) is 73.3 Å². The zero-order valence-electron chi connectivity index (χ0n) is 19.4. The lowest BCUT2D eigenvalue weighted by molar-refractivity contribution is 0.0453. The van der Waals surface area contributed by atoms with E-state index in [1.807, 2.05) is 44.2 Å². The maximum Gasteiger partial charge on any atom is 0.191 e. The molecule has 0 aromatic heterocycles. The van der Waals surface area contributed by atoms with Gasteiger partial charge in [-0.2, -0.15) is 0 Å². The van der Waals surface area contributed by atoms with Crippen LogP contribution in [0.25, 0.3) is 0 Å². The standard InChI is InChI=1S/C24H35N3O4.HI/c1-5-29-12-13-30-18-21-9-6-8-20(14-21)17-27-24(25-3)26-16-19(2)31-23-11-7-10-22(15-23)28-4;/h6-11,14-15,19H,5,12-13,16-18H2,1-4H3,(H2,25,26,27);1H. The van der Waals surface area contributed by atoms with Gasteiger partial charge in [0.25, 0.3) is 0 Å². The van der Waals surface area contributed by atoms with E-state index >= 15 is 0 Å². The van der Waals surface area contributed by atoms with Gasteiger partial charge in [0.05, 0.1) is 33.5 Å². The second kappa shape index (κ2) is 16.6. The average Bonchev–Trinajstić information content (AvgIpc) is 2.79. The molecule has 0 radical (unpaired) electrons. The summed E-state index contributed by atoms with van der Waals surface area (Å²) in [6.07, 6.45) is -0.0391. The number of benzene rings is 2. The zero-order chi connectivity index (χ0) is 22.3. The Labute approximate surface area is 208 Å². The molecule has 8 heteroatoms. The number of halogens is 1. The monoisotopic (exact) mass is 557 g/mol. The van der Waals surface area contributed by atoms with Gasteiger partial charge < -0.3 is 29.6 Å². The fourth-order valence-electron chi connectivity index (χ4n) is 2.88. The minimum atomic E-state index is -0.0391. The van der Waals surface area contributed by atoms with Crippen LogP contribution in [0.15, 0.2) is 53.5 Å². The molecule has 0 spiro atoms. The highest BCUT2D eigenvalue weighted by atomic mass is 127. The van der Waals surface area contributed by atoms with E-state index in [9.17, 15) is 0 Å². The van der Waals surface area contributed by atoms with Gasteiger partial charge in [-0.3, -0.25) is 4.99 Å². The molecule has 0 amide bonds. The number of methoxy groups -OCH3 is 1. The predicted molar refractivity (Wildman–Crippen MR) is 139 cm³/mol. The van der Waals surface area contributed by atoms with Gasteiger partial charge in [0.2, 0.25) is 0 Å². The summed E-state index contributed by atoms with van der Waals surface area (Å²) in [7, 11) is 3.40. The van der Waals surface area contributed by atoms with E-state index in [1.54, 1.807) is 14.2 Å². The molecule has 2 N–H and O–H groups in total. The molecule has 0 saturated carbocycles. The Bertz CT molecular complexity index is 804. The molecule has 0 aliphatic carbocycles. The molecule has 32 heavy (non-hydrogen) atoms. The van der Waals surface area contributed by atoms with Crippen molar-refractivity contribution in [1.82, 2.24) is 10.6 Å². The van der Waals surface area contributed by atoms with Gasteiger partial charge in [-0.05, 0) is 37.1 Å². The molecule has 1 atom stereocenters. The number of hydrogen-bond acceptors (Lipinski definition) is 5. The van der Waals surface area contributed by atoms with Crippen LogP contribution in [0.2, 0.25) is 0 Å². The molecule has 2 aromatic rings. The van der Waals surface area contributed by atoms with Gasteiger partial charge in [-0.1, -0.05) is 30.3 Å². The molecule has 7 nitrogen and oxygen atoms in total. The Morgan fingerprint density at radius 1 is 0.969 bits per heavy atom. The van der Waals surface area contributed by atoms with E-state index in [0.717, 1.165) is 28.6 Å². The van der Waals surface area contributed by atoms with Crippen LogP contribution in [-0.4, -0.2) is 52.6 Å². The summed E-state index contributed by atoms with van der Waals surface area (Å²) in [5.41, 5.74) is 2.30. The lowest BCUT2D eigenvalue weighted by atomic mass is 10.1. The summed E-state index contributed by atoms with van der Waals surface area (Å²) < 4.78 is 22.1. The van der Waals surface area contributed by atoms with Gasteiger partial charge in [-0.15, -0.1) is 24.0 Å². The fraction of sp³-hybridized carbons (Fsp3) is 0.458. The summed E-state index contributed by atoms with van der Waals surface area (Å²) in [5.74, 6) is 2.27. The molecule has 0 fully saturated rings. The number of ether oxygens (including phenoxy) is 4. The Morgan fingerprint density at radius 2 is 1.69 bits per heavy atom. The first kappa shape index (κ1) is 28.0. The summed E-state index contributed by atoms with van der Waals surface area (Å²) in [4.78, 5) is 4.29. The Kier molecular flexibility index (Phi) is 14.5. The SMILES string of the molecule is CCOCCOCc1cccc(CNC(=NC)NCC(C)Oc2cccc(OC)c2)c1.I. The van der Waals surface area contributed by atoms with Crippen molar-refractivity contribution in [2.75, 3.05) is 40.5 Å². The molecule has 2 rings (SSSR count). The largest absolute Gasteiger partial charge is 0.497 e. The zero-order valence-corrected chi connectivity index (χ0v) is 21.8. The third-order valence-electron chi connectivity index (χ3n) is 4.46. The maximum absolute atomic E-state index is 5.94. The van der Waals surface area contributed by atoms with Crippen LogP contribution in [0.1, 0.15) is 25.0 Å². The molecule has 0 bridgehead atoms. The molecular weight excluding hydrogens is 521 g/mol. The minimum absolute atomic E-state index is 0. The summed E-state index contributed by atoms with van der Waals surface area (Å²) in [6, 6.07) is 15.9. The van der Waals surface area contributed by atoms with Crippen molar-refractivity contribution < 1.29 is 18.9 Å². The highest BCUT2D eigenvalue weighted by Crippen LogP contribution is 2.19. The Morgan fingerprint density at radius 3 is 2.44 bits per heavy atom. The second-order valence-electron chi connectivity index (χ2n) is 6.98. The van der Waals surface area contributed by atoms with Crippen LogP contribution in [0.5, 0.6) is 11.5 Å². The van der Waals surface area contributed by atoms with Crippen LogP contribution in [-0.2, 0) is 22.6 Å². The van der Waals surface area contributed by atoms with Crippen molar-refractivity contribution in [2.24, 2.45) is 4.99 Å². The fourth-order valence-corrected chi connectivity index (χ4v) is 2.88. The van der Waals surface area contributed by atoms with E-state index in [-0.39, 0.29) is 30.1 Å². The normalized spacial score (nSPS) is 11.9. The smallest absolute Gasteiger partial charge is 0.191 e. The van der Waals surface area contributed by atoms with Crippen LogP contribution in [0.4, 0.5) is 0 Å². The van der Waals surface area contributed by atoms with Gasteiger partial charge in [0, 0.05) is 26.3 Å². The number of hydrogen-bond donors (Lipinski definition) is 2. The molecular formula is C24H36IN3O4. The first-order chi connectivity index (χ1) is 15.1. The average molecular weight is 557 g/mol. The summed E-state index contributed by atoms with van der Waals surface area (Å²) in [6.45, 7) is 7.78. The van der Waals surface area contributed by atoms with Crippen LogP contribution in [0.3, 0.4) is 0 Å². The number of nitrogens with zero attached hydrogens (tertiary/aromatic N) is 1. The highest BCUT2D eigenvalue weighted by molar-refractivity contribution is 14.0. The third-order valence-corrected chi connectivity index (χ3v) is 4.46. The van der Waals surface area contributed by atoms with Crippen molar-refractivity contribution in [3.63, 3.8) is 0 Å². The van der Waals surface area contributed by atoms with Gasteiger partial charge in [0.15, 0.2) is 5.96 Å². The molecule has 0 saturated heterocycles. The Balaban J connectivity index is 0.00000512. The Hall–Kier alpha value is -2.04. The van der Waals surface area contributed by atoms with Crippen molar-refractivity contribution in [3.8, 4) is 11.5 Å². The lowest BCUT2D eigenvalue weighted by Gasteiger charge is -2.18. The highest BCUT2D eigenvalue weighted by Gasteiger charge is 2.07. The van der Waals surface area contributed by atoms with E-state index in [2.05, 4.69) is 33.8 Å². The minimum Gasteiger partial charge on any atom is -0.497 e. The van der Waals surface area contributed by atoms with Crippen molar-refractivity contribution in [1.29, 1.82) is 0 Å². The molecule has 0 aliphatic rings. The lowest BCUT2D eigenvalue weighted by Crippen LogP contribution is -2.41. The van der Waals surface area contributed by atoms with E-state index in [0.29, 0.717) is 39.5 Å². The van der Waals surface area contributed by atoms with E-state index in [4.69, 9.17) is 18.9 Å². The maximum atomic E-state index is 5.94. The third kappa shape index (κ3) is 11.0. The van der Waals surface area contributed by atoms with Crippen molar-refractivity contribution >= 4 is 29.9 Å². The van der Waals surface area contributed by atoms with E-state index < -0.39 is 0 Å². The number of rotatable bonds is 13. The van der Waals surface area contributed by atoms with Crippen molar-refractivity contribution in [3.05, 3.63) is 59.7 Å². The molecule has 0 aliphatic heterocycles. The first-order valence-electron chi connectivity index (χ1n) is 10.6. The van der Waals surface area contributed by atoms with Crippen LogP contribution in [0, 0.1) is 0 Å². The predicted octanol–water partition coefficient (Wildman–Crippen LogP) is 4.00. The quantitative estimate of drug-likeness (QED) is 0.168. The van der Waals surface area contributed by atoms with Gasteiger partial charge in [-0.25, -0.2) is 0 Å².